The molecule has 3 heteroatoms. The summed E-state index contributed by atoms with van der Waals surface area (Å²) in [5.74, 6) is 0.270. The quantitative estimate of drug-likeness (QED) is 0.824. The molecule has 1 aromatic carbocycles. The molecule has 0 unspecified atom stereocenters. The number of phenols is 1. The van der Waals surface area contributed by atoms with Crippen molar-refractivity contribution in [3.05, 3.63) is 48.3 Å². The first-order valence-electron chi connectivity index (χ1n) is 6.82. The maximum Gasteiger partial charge on any atom is 0.115 e. The lowest BCUT2D eigenvalue weighted by atomic mass is 10.2. The molecule has 0 saturated heterocycles. The SMILES string of the molecule is Oc1ccc(N=Cc2ccn(C3CCCC3)c2)cc1. The molecule has 1 heterocycles. The van der Waals surface area contributed by atoms with Crippen LogP contribution in [0.2, 0.25) is 0 Å². The van der Waals surface area contributed by atoms with Crippen LogP contribution in [-0.2, 0) is 0 Å². The minimum absolute atomic E-state index is 0.270. The van der Waals surface area contributed by atoms with Gasteiger partial charge in [-0.3, -0.25) is 4.99 Å². The second kappa shape index (κ2) is 5.31. The molecule has 1 N–H and O–H groups in total. The Balaban J connectivity index is 1.71. The number of rotatable bonds is 3. The van der Waals surface area contributed by atoms with E-state index in [4.69, 9.17) is 0 Å². The van der Waals surface area contributed by atoms with Crippen molar-refractivity contribution in [3.63, 3.8) is 0 Å². The van der Waals surface area contributed by atoms with Crippen molar-refractivity contribution in [3.8, 4) is 5.75 Å². The third kappa shape index (κ3) is 2.87. The summed E-state index contributed by atoms with van der Waals surface area (Å²) in [6, 6.07) is 9.69. The molecule has 19 heavy (non-hydrogen) atoms. The molecule has 0 spiro atoms. The van der Waals surface area contributed by atoms with Crippen molar-refractivity contribution in [1.82, 2.24) is 4.57 Å². The molecule has 0 amide bonds. The first-order valence-corrected chi connectivity index (χ1v) is 6.82. The van der Waals surface area contributed by atoms with Crippen LogP contribution in [0.25, 0.3) is 0 Å². The van der Waals surface area contributed by atoms with Crippen molar-refractivity contribution < 1.29 is 5.11 Å². The molecule has 0 atom stereocenters. The molecule has 1 fully saturated rings. The van der Waals surface area contributed by atoms with Gasteiger partial charge in [-0.05, 0) is 43.2 Å². The maximum atomic E-state index is 9.21. The van der Waals surface area contributed by atoms with Crippen LogP contribution in [0.15, 0.2) is 47.7 Å². The van der Waals surface area contributed by atoms with Crippen LogP contribution in [0.1, 0.15) is 37.3 Å². The molecule has 98 valence electrons. The lowest BCUT2D eigenvalue weighted by molar-refractivity contribution is 0.475. The molecule has 1 saturated carbocycles. The van der Waals surface area contributed by atoms with Crippen LogP contribution in [-0.4, -0.2) is 15.9 Å². The van der Waals surface area contributed by atoms with Gasteiger partial charge in [-0.25, -0.2) is 0 Å². The Bertz CT molecular complexity index is 563. The van der Waals surface area contributed by atoms with Crippen LogP contribution in [0, 0.1) is 0 Å². The number of aromatic nitrogens is 1. The summed E-state index contributed by atoms with van der Waals surface area (Å²) in [7, 11) is 0. The van der Waals surface area contributed by atoms with E-state index in [1.54, 1.807) is 24.3 Å². The number of benzene rings is 1. The fourth-order valence-corrected chi connectivity index (χ4v) is 2.62. The van der Waals surface area contributed by atoms with Gasteiger partial charge < -0.3 is 9.67 Å². The largest absolute Gasteiger partial charge is 0.508 e. The maximum absolute atomic E-state index is 9.21. The van der Waals surface area contributed by atoms with E-state index in [1.165, 1.54) is 25.7 Å². The van der Waals surface area contributed by atoms with Gasteiger partial charge in [0.25, 0.3) is 0 Å². The highest BCUT2D eigenvalue weighted by atomic mass is 16.3. The predicted molar refractivity (Wildman–Crippen MR) is 77.3 cm³/mol. The van der Waals surface area contributed by atoms with Gasteiger partial charge in [0.1, 0.15) is 5.75 Å². The lowest BCUT2D eigenvalue weighted by Crippen LogP contribution is -2.00. The Morgan fingerprint density at radius 1 is 1.11 bits per heavy atom. The zero-order chi connectivity index (χ0) is 13.1. The molecule has 2 aromatic rings. The Kier molecular flexibility index (Phi) is 3.36. The Hall–Kier alpha value is -2.03. The van der Waals surface area contributed by atoms with E-state index in [1.807, 2.05) is 6.21 Å². The molecule has 3 nitrogen and oxygen atoms in total. The Morgan fingerprint density at radius 3 is 2.58 bits per heavy atom. The first-order chi connectivity index (χ1) is 9.31. The molecular formula is C16H18N2O. The highest BCUT2D eigenvalue weighted by Gasteiger charge is 2.15. The van der Waals surface area contributed by atoms with Crippen molar-refractivity contribution >= 4 is 11.9 Å². The van der Waals surface area contributed by atoms with Gasteiger partial charge in [0.05, 0.1) is 5.69 Å². The minimum Gasteiger partial charge on any atom is -0.508 e. The van der Waals surface area contributed by atoms with Gasteiger partial charge in [-0.15, -0.1) is 0 Å². The van der Waals surface area contributed by atoms with Gasteiger partial charge >= 0.3 is 0 Å². The van der Waals surface area contributed by atoms with Crippen molar-refractivity contribution in [2.75, 3.05) is 0 Å². The normalized spacial score (nSPS) is 16.4. The fraction of sp³-hybridized carbons (Fsp3) is 0.312. The number of nitrogens with zero attached hydrogens (tertiary/aromatic N) is 2. The smallest absolute Gasteiger partial charge is 0.115 e. The van der Waals surface area contributed by atoms with Gasteiger partial charge in [-0.2, -0.15) is 0 Å². The number of phenolic OH excluding ortho intramolecular Hbond substituents is 1. The Morgan fingerprint density at radius 2 is 1.84 bits per heavy atom. The summed E-state index contributed by atoms with van der Waals surface area (Å²) in [5, 5.41) is 9.21. The van der Waals surface area contributed by atoms with Crippen molar-refractivity contribution in [2.24, 2.45) is 4.99 Å². The second-order valence-electron chi connectivity index (χ2n) is 5.10. The monoisotopic (exact) mass is 254 g/mol. The lowest BCUT2D eigenvalue weighted by Gasteiger charge is -2.10. The summed E-state index contributed by atoms with van der Waals surface area (Å²) in [6.07, 6.45) is 11.5. The molecule has 1 aliphatic carbocycles. The van der Waals surface area contributed by atoms with Gasteiger partial charge in [0.15, 0.2) is 0 Å². The van der Waals surface area contributed by atoms with Crippen LogP contribution in [0.5, 0.6) is 5.75 Å². The fourth-order valence-electron chi connectivity index (χ4n) is 2.62. The summed E-state index contributed by atoms with van der Waals surface area (Å²) in [4.78, 5) is 4.41. The van der Waals surface area contributed by atoms with Gasteiger partial charge in [0.2, 0.25) is 0 Å². The summed E-state index contributed by atoms with van der Waals surface area (Å²) in [6.45, 7) is 0. The van der Waals surface area contributed by atoms with E-state index in [9.17, 15) is 5.11 Å². The second-order valence-corrected chi connectivity index (χ2v) is 5.10. The summed E-state index contributed by atoms with van der Waals surface area (Å²) >= 11 is 0. The molecule has 0 radical (unpaired) electrons. The third-order valence-corrected chi connectivity index (χ3v) is 3.70. The molecule has 3 rings (SSSR count). The molecule has 0 aliphatic heterocycles. The zero-order valence-electron chi connectivity index (χ0n) is 10.9. The van der Waals surface area contributed by atoms with E-state index in [2.05, 4.69) is 28.0 Å². The van der Waals surface area contributed by atoms with Crippen molar-refractivity contribution in [1.29, 1.82) is 0 Å². The number of aromatic hydroxyl groups is 1. The number of aliphatic imine (C=N–C) groups is 1. The standard InChI is InChI=1S/C16H18N2O/c19-16-7-5-14(6-8-16)17-11-13-9-10-18(12-13)15-3-1-2-4-15/h5-12,15,19H,1-4H2. The van der Waals surface area contributed by atoms with Crippen LogP contribution in [0.3, 0.4) is 0 Å². The topological polar surface area (TPSA) is 37.5 Å². The highest BCUT2D eigenvalue weighted by Crippen LogP contribution is 2.29. The Labute approximate surface area is 113 Å². The van der Waals surface area contributed by atoms with E-state index < -0.39 is 0 Å². The number of hydrogen-bond acceptors (Lipinski definition) is 2. The molecule has 1 aromatic heterocycles. The summed E-state index contributed by atoms with van der Waals surface area (Å²) in [5.41, 5.74) is 1.98. The summed E-state index contributed by atoms with van der Waals surface area (Å²) < 4.78 is 2.31. The van der Waals surface area contributed by atoms with Crippen LogP contribution < -0.4 is 0 Å². The van der Waals surface area contributed by atoms with Gasteiger partial charge in [-0.1, -0.05) is 12.8 Å². The van der Waals surface area contributed by atoms with E-state index >= 15 is 0 Å². The average Bonchev–Trinajstić information content (AvgIpc) is 3.09. The zero-order valence-corrected chi connectivity index (χ0v) is 10.9. The molecule has 0 bridgehead atoms. The average molecular weight is 254 g/mol. The van der Waals surface area contributed by atoms with Crippen LogP contribution in [0.4, 0.5) is 5.69 Å². The van der Waals surface area contributed by atoms with E-state index in [0.717, 1.165) is 11.3 Å². The van der Waals surface area contributed by atoms with E-state index in [-0.39, 0.29) is 5.75 Å². The van der Waals surface area contributed by atoms with Crippen molar-refractivity contribution in [2.45, 2.75) is 31.7 Å². The highest BCUT2D eigenvalue weighted by molar-refractivity contribution is 5.81. The minimum atomic E-state index is 0.270. The van der Waals surface area contributed by atoms with E-state index in [0.29, 0.717) is 6.04 Å². The third-order valence-electron chi connectivity index (χ3n) is 3.70. The number of hydrogen-bond donors (Lipinski definition) is 1. The van der Waals surface area contributed by atoms with Gasteiger partial charge in [0, 0.05) is 30.2 Å². The molecule has 1 aliphatic rings. The first kappa shape index (κ1) is 12.0. The molecular weight excluding hydrogens is 236 g/mol. The van der Waals surface area contributed by atoms with Crippen LogP contribution >= 0.6 is 0 Å². The predicted octanol–water partition coefficient (Wildman–Crippen LogP) is 4.06.